The number of likely N-dealkylation sites (tertiary alicyclic amines) is 1. The minimum atomic E-state index is -0.109. The molecule has 104 valence electrons. The first-order chi connectivity index (χ1) is 8.92. The van der Waals surface area contributed by atoms with Gasteiger partial charge in [0.25, 0.3) is 0 Å². The maximum atomic E-state index is 12.0. The SMILES string of the molecule is CC(C)(CN1CC(CCl)CC1=O)c1cccc(Cl)c1. The second kappa shape index (κ2) is 5.72. The molecule has 0 radical (unpaired) electrons. The van der Waals surface area contributed by atoms with Crippen LogP contribution in [0.4, 0.5) is 0 Å². The second-order valence-corrected chi connectivity index (χ2v) is 6.64. The minimum absolute atomic E-state index is 0.109. The van der Waals surface area contributed by atoms with Crippen LogP contribution in [0.1, 0.15) is 25.8 Å². The summed E-state index contributed by atoms with van der Waals surface area (Å²) < 4.78 is 0. The summed E-state index contributed by atoms with van der Waals surface area (Å²) in [6.45, 7) is 5.76. The number of hydrogen-bond acceptors (Lipinski definition) is 1. The van der Waals surface area contributed by atoms with E-state index in [0.29, 0.717) is 24.8 Å². The van der Waals surface area contributed by atoms with E-state index < -0.39 is 0 Å². The van der Waals surface area contributed by atoms with E-state index in [1.165, 1.54) is 0 Å². The Bertz CT molecular complexity index is 473. The summed E-state index contributed by atoms with van der Waals surface area (Å²) in [6.07, 6.45) is 0.578. The van der Waals surface area contributed by atoms with Gasteiger partial charge in [0.05, 0.1) is 0 Å². The number of halogens is 2. The highest BCUT2D eigenvalue weighted by atomic mass is 35.5. The Morgan fingerprint density at radius 3 is 2.74 bits per heavy atom. The van der Waals surface area contributed by atoms with Crippen LogP contribution in [0.2, 0.25) is 5.02 Å². The van der Waals surface area contributed by atoms with Crippen molar-refractivity contribution in [2.75, 3.05) is 19.0 Å². The molecule has 4 heteroatoms. The molecule has 1 fully saturated rings. The average molecular weight is 300 g/mol. The van der Waals surface area contributed by atoms with Crippen molar-refractivity contribution >= 4 is 29.1 Å². The van der Waals surface area contributed by atoms with E-state index in [2.05, 4.69) is 19.9 Å². The van der Waals surface area contributed by atoms with Crippen LogP contribution in [0.3, 0.4) is 0 Å². The van der Waals surface area contributed by atoms with Gasteiger partial charge >= 0.3 is 0 Å². The Labute approximate surface area is 124 Å². The van der Waals surface area contributed by atoms with Gasteiger partial charge in [0.15, 0.2) is 0 Å². The van der Waals surface area contributed by atoms with E-state index in [0.717, 1.165) is 17.1 Å². The van der Waals surface area contributed by atoms with Gasteiger partial charge in [-0.05, 0) is 23.6 Å². The molecule has 1 aliphatic rings. The molecule has 1 atom stereocenters. The first kappa shape index (κ1) is 14.7. The van der Waals surface area contributed by atoms with Gasteiger partial charge in [-0.15, -0.1) is 11.6 Å². The number of rotatable bonds is 4. The van der Waals surface area contributed by atoms with E-state index in [1.807, 2.05) is 23.1 Å². The molecule has 2 rings (SSSR count). The zero-order valence-corrected chi connectivity index (χ0v) is 12.8. The summed E-state index contributed by atoms with van der Waals surface area (Å²) in [5.74, 6) is 1.06. The Kier molecular flexibility index (Phi) is 4.42. The summed E-state index contributed by atoms with van der Waals surface area (Å²) in [5.41, 5.74) is 1.05. The Balaban J connectivity index is 2.11. The van der Waals surface area contributed by atoms with Gasteiger partial charge in [-0.3, -0.25) is 4.79 Å². The standard InChI is InChI=1S/C15H19Cl2NO/c1-15(2,12-4-3-5-13(17)7-12)10-18-9-11(8-16)6-14(18)19/h3-5,7,11H,6,8-10H2,1-2H3. The molecule has 0 saturated carbocycles. The topological polar surface area (TPSA) is 20.3 Å². The quantitative estimate of drug-likeness (QED) is 0.776. The smallest absolute Gasteiger partial charge is 0.222 e. The van der Waals surface area contributed by atoms with Crippen molar-refractivity contribution in [3.05, 3.63) is 34.9 Å². The van der Waals surface area contributed by atoms with E-state index in [9.17, 15) is 4.79 Å². The number of alkyl halides is 1. The molecule has 0 aliphatic carbocycles. The summed E-state index contributed by atoms with van der Waals surface area (Å²) in [5, 5.41) is 0.733. The van der Waals surface area contributed by atoms with Gasteiger partial charge in [0.1, 0.15) is 0 Å². The zero-order chi connectivity index (χ0) is 14.0. The second-order valence-electron chi connectivity index (χ2n) is 5.89. The van der Waals surface area contributed by atoms with Crippen LogP contribution >= 0.6 is 23.2 Å². The van der Waals surface area contributed by atoms with Crippen molar-refractivity contribution in [1.29, 1.82) is 0 Å². The van der Waals surface area contributed by atoms with Gasteiger partial charge in [-0.2, -0.15) is 0 Å². The number of carbonyl (C=O) groups is 1. The maximum absolute atomic E-state index is 12.0. The van der Waals surface area contributed by atoms with Crippen LogP contribution in [-0.2, 0) is 10.2 Å². The van der Waals surface area contributed by atoms with Gasteiger partial charge in [0, 0.05) is 35.8 Å². The molecule has 1 aromatic carbocycles. The molecule has 1 heterocycles. The van der Waals surface area contributed by atoms with Gasteiger partial charge in [-0.1, -0.05) is 37.6 Å². The molecule has 0 aromatic heterocycles. The van der Waals surface area contributed by atoms with Crippen LogP contribution in [0.25, 0.3) is 0 Å². The lowest BCUT2D eigenvalue weighted by Gasteiger charge is -2.31. The predicted molar refractivity (Wildman–Crippen MR) is 79.9 cm³/mol. The molecule has 1 saturated heterocycles. The monoisotopic (exact) mass is 299 g/mol. The number of hydrogen-bond donors (Lipinski definition) is 0. The number of benzene rings is 1. The van der Waals surface area contributed by atoms with Crippen molar-refractivity contribution in [3.8, 4) is 0 Å². The number of nitrogens with zero attached hydrogens (tertiary/aromatic N) is 1. The van der Waals surface area contributed by atoms with Crippen LogP contribution < -0.4 is 0 Å². The molecule has 19 heavy (non-hydrogen) atoms. The van der Waals surface area contributed by atoms with E-state index in [1.54, 1.807) is 0 Å². The fourth-order valence-electron chi connectivity index (χ4n) is 2.59. The number of amides is 1. The van der Waals surface area contributed by atoms with Gasteiger partial charge in [-0.25, -0.2) is 0 Å². The van der Waals surface area contributed by atoms with Crippen molar-refractivity contribution < 1.29 is 4.79 Å². The van der Waals surface area contributed by atoms with Crippen LogP contribution in [-0.4, -0.2) is 29.8 Å². The first-order valence-electron chi connectivity index (χ1n) is 6.52. The molecule has 1 amide bonds. The third-order valence-electron chi connectivity index (χ3n) is 3.71. The highest BCUT2D eigenvalue weighted by Gasteiger charge is 2.33. The van der Waals surface area contributed by atoms with Crippen molar-refractivity contribution in [2.45, 2.75) is 25.7 Å². The summed E-state index contributed by atoms with van der Waals surface area (Å²) in [4.78, 5) is 13.9. The van der Waals surface area contributed by atoms with Gasteiger partial charge < -0.3 is 4.90 Å². The third kappa shape index (κ3) is 3.43. The average Bonchev–Trinajstić information content (AvgIpc) is 2.70. The van der Waals surface area contributed by atoms with E-state index in [4.69, 9.17) is 23.2 Å². The third-order valence-corrected chi connectivity index (χ3v) is 4.38. The summed E-state index contributed by atoms with van der Waals surface area (Å²) in [6, 6.07) is 7.85. The van der Waals surface area contributed by atoms with Crippen LogP contribution in [0.5, 0.6) is 0 Å². The first-order valence-corrected chi connectivity index (χ1v) is 7.43. The van der Waals surface area contributed by atoms with Crippen molar-refractivity contribution in [2.24, 2.45) is 5.92 Å². The predicted octanol–water partition coefficient (Wildman–Crippen LogP) is 3.70. The lowest BCUT2D eigenvalue weighted by atomic mass is 9.84. The summed E-state index contributed by atoms with van der Waals surface area (Å²) in [7, 11) is 0. The highest BCUT2D eigenvalue weighted by Crippen LogP contribution is 2.29. The molecule has 0 spiro atoms. The molecular formula is C15H19Cl2NO. The van der Waals surface area contributed by atoms with Crippen molar-refractivity contribution in [3.63, 3.8) is 0 Å². The molecule has 0 N–H and O–H groups in total. The Hall–Kier alpha value is -0.730. The number of carbonyl (C=O) groups excluding carboxylic acids is 1. The van der Waals surface area contributed by atoms with E-state index in [-0.39, 0.29) is 11.3 Å². The fraction of sp³-hybridized carbons (Fsp3) is 0.533. The highest BCUT2D eigenvalue weighted by molar-refractivity contribution is 6.30. The lowest BCUT2D eigenvalue weighted by molar-refractivity contribution is -0.128. The molecule has 2 nitrogen and oxygen atoms in total. The summed E-state index contributed by atoms with van der Waals surface area (Å²) >= 11 is 11.9. The van der Waals surface area contributed by atoms with Gasteiger partial charge in [0.2, 0.25) is 5.91 Å². The largest absolute Gasteiger partial charge is 0.341 e. The zero-order valence-electron chi connectivity index (χ0n) is 11.3. The molecule has 1 aliphatic heterocycles. The van der Waals surface area contributed by atoms with Crippen molar-refractivity contribution in [1.82, 2.24) is 4.90 Å². The molecule has 1 aromatic rings. The maximum Gasteiger partial charge on any atom is 0.222 e. The Morgan fingerprint density at radius 1 is 1.42 bits per heavy atom. The fourth-order valence-corrected chi connectivity index (χ4v) is 2.99. The van der Waals surface area contributed by atoms with E-state index >= 15 is 0 Å². The molecular weight excluding hydrogens is 281 g/mol. The van der Waals surface area contributed by atoms with Crippen LogP contribution in [0, 0.1) is 5.92 Å². The van der Waals surface area contributed by atoms with Crippen LogP contribution in [0.15, 0.2) is 24.3 Å². The Morgan fingerprint density at radius 2 is 2.16 bits per heavy atom. The minimum Gasteiger partial charge on any atom is -0.341 e. The molecule has 1 unspecified atom stereocenters. The lowest BCUT2D eigenvalue weighted by Crippen LogP contribution is -2.38. The normalized spacial score (nSPS) is 20.1. The molecule has 0 bridgehead atoms.